The van der Waals surface area contributed by atoms with Gasteiger partial charge in [-0.2, -0.15) is 0 Å². The SMILES string of the molecule is CCCCCCCCCCCCCCCCO[PH](CCCCCCCCCCCCCCCC)(OCCS)OCCCCCCCCCCCCCCCC. The molecule has 0 unspecified atom stereocenters. The molecule has 0 aromatic heterocycles. The maximum atomic E-state index is 6.73. The van der Waals surface area contributed by atoms with E-state index in [4.69, 9.17) is 13.6 Å². The van der Waals surface area contributed by atoms with Gasteiger partial charge in [-0.3, -0.25) is 0 Å². The summed E-state index contributed by atoms with van der Waals surface area (Å²) in [5.41, 5.74) is 0. The van der Waals surface area contributed by atoms with Crippen molar-refractivity contribution in [2.45, 2.75) is 290 Å². The molecule has 0 radical (unpaired) electrons. The smallest absolute Gasteiger partial charge is 0.0654 e. The van der Waals surface area contributed by atoms with E-state index >= 15 is 0 Å². The summed E-state index contributed by atoms with van der Waals surface area (Å²) in [6.45, 7) is 9.16. The quantitative estimate of drug-likeness (QED) is 0.0376. The molecule has 3 nitrogen and oxygen atoms in total. The summed E-state index contributed by atoms with van der Waals surface area (Å²) >= 11 is 4.52. The third kappa shape index (κ3) is 44.1. The Kier molecular flexibility index (Phi) is 49.6. The van der Waals surface area contributed by atoms with Gasteiger partial charge in [-0.05, 0) is 0 Å². The number of unbranched alkanes of at least 4 members (excludes halogenated alkanes) is 39. The zero-order chi connectivity index (χ0) is 39.9. The van der Waals surface area contributed by atoms with E-state index in [2.05, 4.69) is 33.4 Å². The van der Waals surface area contributed by atoms with Crippen LogP contribution in [0.4, 0.5) is 0 Å². The third-order valence-corrected chi connectivity index (χ3v) is 15.0. The molecule has 0 spiro atoms. The molecular formula is C50H105O3PS. The van der Waals surface area contributed by atoms with Crippen LogP contribution in [0.5, 0.6) is 0 Å². The molecule has 0 aliphatic carbocycles. The first-order valence-electron chi connectivity index (χ1n) is 25.8. The Labute approximate surface area is 354 Å². The fourth-order valence-electron chi connectivity index (χ4n) is 8.13. The number of hydrogen-bond donors (Lipinski definition) is 1. The molecule has 0 fully saturated rings. The zero-order valence-electron chi connectivity index (χ0n) is 38.4. The van der Waals surface area contributed by atoms with Gasteiger partial charge in [0.2, 0.25) is 0 Å². The van der Waals surface area contributed by atoms with Gasteiger partial charge in [-0.25, -0.2) is 0 Å². The van der Waals surface area contributed by atoms with E-state index in [1.165, 1.54) is 257 Å². The molecule has 334 valence electrons. The Hall–Kier alpha value is 0.660. The Morgan fingerprint density at radius 1 is 0.255 bits per heavy atom. The van der Waals surface area contributed by atoms with Gasteiger partial charge in [0.1, 0.15) is 0 Å². The van der Waals surface area contributed by atoms with Crippen LogP contribution in [0.15, 0.2) is 0 Å². The molecule has 0 saturated heterocycles. The molecule has 0 heterocycles. The first-order valence-corrected chi connectivity index (χ1v) is 28.3. The minimum atomic E-state index is -2.68. The van der Waals surface area contributed by atoms with Crippen molar-refractivity contribution in [2.75, 3.05) is 31.7 Å². The first-order chi connectivity index (χ1) is 27.2. The van der Waals surface area contributed by atoms with E-state index in [-0.39, 0.29) is 0 Å². The molecule has 0 aliphatic heterocycles. The molecule has 0 N–H and O–H groups in total. The second-order valence-corrected chi connectivity index (χ2v) is 20.7. The van der Waals surface area contributed by atoms with E-state index in [9.17, 15) is 0 Å². The molecule has 0 aromatic carbocycles. The van der Waals surface area contributed by atoms with E-state index < -0.39 is 7.94 Å². The van der Waals surface area contributed by atoms with Crippen molar-refractivity contribution < 1.29 is 13.6 Å². The molecule has 0 atom stereocenters. The van der Waals surface area contributed by atoms with Crippen LogP contribution < -0.4 is 0 Å². The Balaban J connectivity index is 4.41. The van der Waals surface area contributed by atoms with E-state index in [1.807, 2.05) is 0 Å². The van der Waals surface area contributed by atoms with Crippen molar-refractivity contribution in [3.63, 3.8) is 0 Å². The van der Waals surface area contributed by atoms with Gasteiger partial charge in [0.15, 0.2) is 0 Å². The molecule has 5 heteroatoms. The van der Waals surface area contributed by atoms with Gasteiger partial charge in [0.25, 0.3) is 0 Å². The van der Waals surface area contributed by atoms with Gasteiger partial charge in [-0.15, -0.1) is 0 Å². The monoisotopic (exact) mass is 817 g/mol. The number of rotatable bonds is 50. The Morgan fingerprint density at radius 3 is 0.691 bits per heavy atom. The van der Waals surface area contributed by atoms with E-state index in [0.717, 1.165) is 38.0 Å². The Morgan fingerprint density at radius 2 is 0.455 bits per heavy atom. The van der Waals surface area contributed by atoms with Crippen molar-refractivity contribution in [1.29, 1.82) is 0 Å². The second-order valence-electron chi connectivity index (χ2n) is 17.5. The number of hydrogen-bond acceptors (Lipinski definition) is 4. The summed E-state index contributed by atoms with van der Waals surface area (Å²) in [7, 11) is -2.68. The molecule has 0 amide bonds. The fourth-order valence-corrected chi connectivity index (χ4v) is 11.1. The fraction of sp³-hybridized carbons (Fsp3) is 1.00. The van der Waals surface area contributed by atoms with E-state index in [0.29, 0.717) is 6.61 Å². The standard InChI is InChI=1S/C50H105O3PS/c1-4-7-10-13-16-19-22-25-28-31-34-37-40-43-46-51-54(53-48-50-55,49-45-42-39-36-33-30-27-24-21-18-15-12-9-6-3)52-47-44-41-38-35-32-29-26-23-20-17-14-11-8-5-2/h54-55H,4-50H2,1-3H3. The normalized spacial score (nSPS) is 12.3. The number of thiol groups is 1. The zero-order valence-corrected chi connectivity index (χ0v) is 40.3. The van der Waals surface area contributed by atoms with Crippen LogP contribution in [0.2, 0.25) is 0 Å². The topological polar surface area (TPSA) is 27.7 Å². The van der Waals surface area contributed by atoms with Gasteiger partial charge < -0.3 is 0 Å². The molecular weight excluding hydrogens is 712 g/mol. The average Bonchev–Trinajstić information content (AvgIpc) is 3.20. The van der Waals surface area contributed by atoms with Gasteiger partial charge in [0.05, 0.1) is 0 Å². The van der Waals surface area contributed by atoms with Crippen LogP contribution in [0.25, 0.3) is 0 Å². The second kappa shape index (κ2) is 49.0. The predicted molar refractivity (Wildman–Crippen MR) is 256 cm³/mol. The molecule has 0 aromatic rings. The van der Waals surface area contributed by atoms with Crippen LogP contribution in [-0.4, -0.2) is 31.7 Å². The minimum Gasteiger partial charge on any atom is -0.0654 e. The van der Waals surface area contributed by atoms with Crippen LogP contribution in [0.1, 0.15) is 290 Å². The van der Waals surface area contributed by atoms with Crippen molar-refractivity contribution >= 4 is 20.6 Å². The van der Waals surface area contributed by atoms with Crippen LogP contribution in [0, 0.1) is 0 Å². The van der Waals surface area contributed by atoms with Crippen molar-refractivity contribution in [2.24, 2.45) is 0 Å². The molecule has 0 saturated carbocycles. The summed E-state index contributed by atoms with van der Waals surface area (Å²) in [4.78, 5) is 0. The Bertz CT molecular complexity index is 645. The van der Waals surface area contributed by atoms with Crippen molar-refractivity contribution in [3.8, 4) is 0 Å². The molecule has 0 rings (SSSR count). The maximum absolute atomic E-state index is 6.73. The van der Waals surface area contributed by atoms with Crippen molar-refractivity contribution in [1.82, 2.24) is 0 Å². The predicted octanol–water partition coefficient (Wildman–Crippen LogP) is 18.9. The van der Waals surface area contributed by atoms with Crippen LogP contribution >= 0.6 is 20.6 Å². The van der Waals surface area contributed by atoms with Gasteiger partial charge in [0, 0.05) is 0 Å². The molecule has 0 aliphatic rings. The summed E-state index contributed by atoms with van der Waals surface area (Å²) in [6.07, 6.45) is 59.2. The molecule has 55 heavy (non-hydrogen) atoms. The van der Waals surface area contributed by atoms with E-state index in [1.54, 1.807) is 0 Å². The third-order valence-electron chi connectivity index (χ3n) is 11.9. The van der Waals surface area contributed by atoms with Gasteiger partial charge >= 0.3 is 265 Å². The van der Waals surface area contributed by atoms with Gasteiger partial charge in [-0.1, -0.05) is 91.4 Å². The summed E-state index contributed by atoms with van der Waals surface area (Å²) in [6, 6.07) is 0. The van der Waals surface area contributed by atoms with Crippen molar-refractivity contribution in [3.05, 3.63) is 0 Å². The first kappa shape index (κ1) is 55.7. The van der Waals surface area contributed by atoms with Crippen LogP contribution in [-0.2, 0) is 13.6 Å². The molecule has 0 bridgehead atoms. The minimum absolute atomic E-state index is 0.644. The summed E-state index contributed by atoms with van der Waals surface area (Å²) < 4.78 is 20.0. The summed E-state index contributed by atoms with van der Waals surface area (Å²) in [5.74, 6) is 0.734. The average molecular weight is 817 g/mol. The van der Waals surface area contributed by atoms with Crippen LogP contribution in [0.3, 0.4) is 0 Å². The summed E-state index contributed by atoms with van der Waals surface area (Å²) in [5, 5.41) is 0.